The van der Waals surface area contributed by atoms with E-state index in [1.165, 1.54) is 17.5 Å². The van der Waals surface area contributed by atoms with Crippen LogP contribution in [0.1, 0.15) is 27.5 Å². The van der Waals surface area contributed by atoms with E-state index in [1.54, 1.807) is 6.07 Å². The van der Waals surface area contributed by atoms with Crippen LogP contribution in [0.25, 0.3) is 0 Å². The summed E-state index contributed by atoms with van der Waals surface area (Å²) in [5.74, 6) is 1.74. The molecule has 1 amide bonds. The molecule has 0 radical (unpaired) electrons. The fraction of sp³-hybridized carbons (Fsp3) is 0.417. The van der Waals surface area contributed by atoms with Gasteiger partial charge in [-0.1, -0.05) is 35.1 Å². The molecule has 0 saturated carbocycles. The van der Waals surface area contributed by atoms with Gasteiger partial charge in [0.25, 0.3) is 16.0 Å². The van der Waals surface area contributed by atoms with Gasteiger partial charge in [-0.2, -0.15) is 8.42 Å². The zero-order valence-corrected chi connectivity index (χ0v) is 23.8. The highest BCUT2D eigenvalue weighted by atomic mass is 35.5. The first-order valence-electron chi connectivity index (χ1n) is 12.0. The molecule has 1 aliphatic rings. The second-order valence-corrected chi connectivity index (χ2v) is 12.0. The summed E-state index contributed by atoms with van der Waals surface area (Å²) in [6, 6.07) is 7.32. The van der Waals surface area contributed by atoms with Gasteiger partial charge < -0.3 is 15.5 Å². The van der Waals surface area contributed by atoms with Gasteiger partial charge >= 0.3 is 0 Å². The average molecular weight is 580 g/mol. The Balaban J connectivity index is 1.33. The number of halogens is 1. The Kier molecular flexibility index (Phi) is 9.15. The third-order valence-electron chi connectivity index (χ3n) is 5.86. The minimum atomic E-state index is -3.40. The van der Waals surface area contributed by atoms with E-state index < -0.39 is 10.1 Å². The number of benzene rings is 1. The number of aromatic nitrogens is 3. The van der Waals surface area contributed by atoms with Gasteiger partial charge in [-0.25, -0.2) is 15.0 Å². The summed E-state index contributed by atoms with van der Waals surface area (Å²) in [6.45, 7) is 7.92. The average Bonchev–Trinajstić information content (AvgIpc) is 3.32. The van der Waals surface area contributed by atoms with Crippen molar-refractivity contribution in [3.05, 3.63) is 51.7 Å². The molecule has 0 bridgehead atoms. The number of anilines is 4. The van der Waals surface area contributed by atoms with Crippen molar-refractivity contribution in [1.82, 2.24) is 19.9 Å². The van der Waals surface area contributed by atoms with Crippen LogP contribution < -0.4 is 15.5 Å². The van der Waals surface area contributed by atoms with Crippen molar-refractivity contribution < 1.29 is 17.4 Å². The lowest BCUT2D eigenvalue weighted by molar-refractivity contribution is 0.103. The molecule has 14 heteroatoms. The van der Waals surface area contributed by atoms with Gasteiger partial charge in [-0.3, -0.25) is 13.9 Å². The number of amides is 1. The maximum absolute atomic E-state index is 12.8. The van der Waals surface area contributed by atoms with Gasteiger partial charge in [0, 0.05) is 38.8 Å². The van der Waals surface area contributed by atoms with Crippen molar-refractivity contribution in [2.45, 2.75) is 20.3 Å². The number of carbonyl (C=O) groups is 1. The minimum Gasteiger partial charge on any atom is -0.354 e. The normalized spacial score (nSPS) is 14.5. The predicted molar refractivity (Wildman–Crippen MR) is 150 cm³/mol. The van der Waals surface area contributed by atoms with Crippen molar-refractivity contribution in [1.29, 1.82) is 0 Å². The number of thiazole rings is 1. The monoisotopic (exact) mass is 579 g/mol. The number of hydrogen-bond acceptors (Lipinski definition) is 11. The first kappa shape index (κ1) is 28.2. The molecular weight excluding hydrogens is 550 g/mol. The molecule has 0 aliphatic carbocycles. The SMILES string of the molecule is Cc1nc(Nc2ncc(C(=O)Nc3c(C)cccc3Cl)s2)cc(N2CCN(CCCOS(C)(=O)=O)CC2)n1. The molecular formula is C24H30ClN7O4S2. The maximum atomic E-state index is 12.8. The van der Waals surface area contributed by atoms with Gasteiger partial charge in [-0.15, -0.1) is 0 Å². The van der Waals surface area contributed by atoms with Crippen LogP contribution >= 0.6 is 22.9 Å². The quantitative estimate of drug-likeness (QED) is 0.271. The molecule has 4 rings (SSSR count). The summed E-state index contributed by atoms with van der Waals surface area (Å²) in [5.41, 5.74) is 1.46. The summed E-state index contributed by atoms with van der Waals surface area (Å²) < 4.78 is 27.0. The Bertz CT molecular complexity index is 1370. The van der Waals surface area contributed by atoms with E-state index in [-0.39, 0.29) is 12.5 Å². The lowest BCUT2D eigenvalue weighted by Gasteiger charge is -2.35. The number of piperazine rings is 1. The Morgan fingerprint density at radius 1 is 1.18 bits per heavy atom. The van der Waals surface area contributed by atoms with E-state index >= 15 is 0 Å². The number of nitrogens with zero attached hydrogens (tertiary/aromatic N) is 5. The zero-order valence-electron chi connectivity index (χ0n) is 21.4. The molecule has 2 N–H and O–H groups in total. The fourth-order valence-electron chi connectivity index (χ4n) is 3.99. The second-order valence-electron chi connectivity index (χ2n) is 8.91. The first-order valence-corrected chi connectivity index (χ1v) is 15.1. The molecule has 1 fully saturated rings. The van der Waals surface area contributed by atoms with Crippen LogP contribution in [-0.4, -0.2) is 79.8 Å². The van der Waals surface area contributed by atoms with Crippen LogP contribution in [0.4, 0.5) is 22.5 Å². The summed E-state index contributed by atoms with van der Waals surface area (Å²) >= 11 is 7.45. The van der Waals surface area contributed by atoms with Crippen molar-refractivity contribution in [2.75, 3.05) is 61.1 Å². The van der Waals surface area contributed by atoms with E-state index in [1.807, 2.05) is 32.0 Å². The number of hydrogen-bond donors (Lipinski definition) is 2. The first-order chi connectivity index (χ1) is 18.1. The van der Waals surface area contributed by atoms with E-state index in [0.29, 0.717) is 38.8 Å². The van der Waals surface area contributed by atoms with Crippen LogP contribution in [-0.2, 0) is 14.3 Å². The smallest absolute Gasteiger partial charge is 0.267 e. The van der Waals surface area contributed by atoms with E-state index in [4.69, 9.17) is 15.8 Å². The van der Waals surface area contributed by atoms with Crippen LogP contribution in [0.15, 0.2) is 30.5 Å². The molecule has 2 aromatic heterocycles. The lowest BCUT2D eigenvalue weighted by Crippen LogP contribution is -2.47. The largest absolute Gasteiger partial charge is 0.354 e. The minimum absolute atomic E-state index is 0.193. The molecule has 204 valence electrons. The van der Waals surface area contributed by atoms with Crippen LogP contribution in [0.5, 0.6) is 0 Å². The molecule has 1 aromatic carbocycles. The van der Waals surface area contributed by atoms with Gasteiger partial charge in [-0.05, 0) is 31.9 Å². The molecule has 3 heterocycles. The number of para-hydroxylation sites is 1. The Morgan fingerprint density at radius 3 is 2.66 bits per heavy atom. The number of rotatable bonds is 10. The highest BCUT2D eigenvalue weighted by molar-refractivity contribution is 7.85. The summed E-state index contributed by atoms with van der Waals surface area (Å²) in [5, 5.41) is 7.07. The molecule has 11 nitrogen and oxygen atoms in total. The zero-order chi connectivity index (χ0) is 27.3. The van der Waals surface area contributed by atoms with E-state index in [9.17, 15) is 13.2 Å². The molecule has 1 saturated heterocycles. The second kappa shape index (κ2) is 12.3. The Morgan fingerprint density at radius 2 is 1.95 bits per heavy atom. The summed E-state index contributed by atoms with van der Waals surface area (Å²) in [4.78, 5) is 31.1. The maximum Gasteiger partial charge on any atom is 0.267 e. The van der Waals surface area contributed by atoms with Crippen molar-refractivity contribution in [3.8, 4) is 0 Å². The van der Waals surface area contributed by atoms with Gasteiger partial charge in [0.05, 0.1) is 29.8 Å². The van der Waals surface area contributed by atoms with Gasteiger partial charge in [0.15, 0.2) is 5.13 Å². The van der Waals surface area contributed by atoms with Gasteiger partial charge in [0.1, 0.15) is 22.3 Å². The Labute approximate surface area is 231 Å². The number of carbonyl (C=O) groups excluding carboxylic acids is 1. The predicted octanol–water partition coefficient (Wildman–Crippen LogP) is 3.69. The summed E-state index contributed by atoms with van der Waals surface area (Å²) in [6.07, 6.45) is 3.23. The standard InChI is InChI=1S/C24H30ClN7O4S2/c1-16-6-4-7-18(25)22(16)30-23(33)19-15-26-24(37-19)29-20-14-21(28-17(2)27-20)32-11-9-31(10-12-32)8-5-13-36-38(3,34)35/h4,6-7,14-15H,5,8-13H2,1-3H3,(H,30,33)(H,26,27,28,29). The molecule has 0 atom stereocenters. The molecule has 38 heavy (non-hydrogen) atoms. The van der Waals surface area contributed by atoms with Crippen molar-refractivity contribution in [2.24, 2.45) is 0 Å². The number of aryl methyl sites for hydroxylation is 2. The number of nitrogens with one attached hydrogen (secondary N) is 2. The lowest BCUT2D eigenvalue weighted by atomic mass is 10.2. The molecule has 0 spiro atoms. The van der Waals surface area contributed by atoms with E-state index in [0.717, 1.165) is 50.4 Å². The van der Waals surface area contributed by atoms with Crippen LogP contribution in [0.2, 0.25) is 5.02 Å². The van der Waals surface area contributed by atoms with Crippen molar-refractivity contribution in [3.63, 3.8) is 0 Å². The van der Waals surface area contributed by atoms with Crippen molar-refractivity contribution >= 4 is 61.4 Å². The third kappa shape index (κ3) is 7.84. The highest BCUT2D eigenvalue weighted by Gasteiger charge is 2.20. The highest BCUT2D eigenvalue weighted by Crippen LogP contribution is 2.28. The molecule has 3 aromatic rings. The summed E-state index contributed by atoms with van der Waals surface area (Å²) in [7, 11) is -3.40. The van der Waals surface area contributed by atoms with E-state index in [2.05, 4.69) is 35.4 Å². The fourth-order valence-corrected chi connectivity index (χ4v) is 5.40. The topological polar surface area (TPSA) is 130 Å². The Hall–Kier alpha value is -2.84. The third-order valence-corrected chi connectivity index (χ3v) is 7.68. The van der Waals surface area contributed by atoms with Crippen LogP contribution in [0, 0.1) is 13.8 Å². The molecule has 0 unspecified atom stereocenters. The molecule has 1 aliphatic heterocycles. The van der Waals surface area contributed by atoms with Gasteiger partial charge in [0.2, 0.25) is 0 Å². The van der Waals surface area contributed by atoms with Crippen LogP contribution in [0.3, 0.4) is 0 Å².